The third-order valence-electron chi connectivity index (χ3n) is 3.11. The zero-order chi connectivity index (χ0) is 13.2. The number of hydrogen-bond donors (Lipinski definition) is 1. The lowest BCUT2D eigenvalue weighted by atomic mass is 10.1. The van der Waals surface area contributed by atoms with Crippen molar-refractivity contribution in [1.82, 2.24) is 0 Å². The van der Waals surface area contributed by atoms with E-state index in [4.69, 9.17) is 27.4 Å². The van der Waals surface area contributed by atoms with Crippen molar-refractivity contribution >= 4 is 17.2 Å². The minimum Gasteiger partial charge on any atom is -0.491 e. The zero-order valence-electron chi connectivity index (χ0n) is 10.8. The van der Waals surface area contributed by atoms with Gasteiger partial charge in [0.05, 0.1) is 11.7 Å². The molecule has 98 valence electrons. The quantitative estimate of drug-likeness (QED) is 0.850. The highest BCUT2D eigenvalue weighted by Gasteiger charge is 2.31. The Kier molecular flexibility index (Phi) is 3.88. The molecular formula is C14H19NO2S. The average Bonchev–Trinajstić information content (AvgIpc) is 2.67. The summed E-state index contributed by atoms with van der Waals surface area (Å²) in [5, 5.41) is 0. The number of thiocarbonyl (C=S) groups is 1. The van der Waals surface area contributed by atoms with E-state index in [-0.39, 0.29) is 11.7 Å². The van der Waals surface area contributed by atoms with Gasteiger partial charge in [0.25, 0.3) is 0 Å². The Morgan fingerprint density at radius 1 is 1.56 bits per heavy atom. The summed E-state index contributed by atoms with van der Waals surface area (Å²) in [6, 6.07) is 7.54. The van der Waals surface area contributed by atoms with Gasteiger partial charge in [0.15, 0.2) is 0 Å². The summed E-state index contributed by atoms with van der Waals surface area (Å²) in [4.78, 5) is 0.388. The molecule has 0 radical (unpaired) electrons. The van der Waals surface area contributed by atoms with Crippen LogP contribution in [0.4, 0.5) is 0 Å². The molecule has 1 saturated heterocycles. The van der Waals surface area contributed by atoms with Gasteiger partial charge in [-0.2, -0.15) is 0 Å². The molecule has 1 aliphatic rings. The normalized spacial score (nSPS) is 21.8. The van der Waals surface area contributed by atoms with Gasteiger partial charge in [-0.15, -0.1) is 0 Å². The second-order valence-electron chi connectivity index (χ2n) is 5.24. The van der Waals surface area contributed by atoms with E-state index in [9.17, 15) is 0 Å². The first kappa shape index (κ1) is 13.3. The molecule has 3 nitrogen and oxygen atoms in total. The number of nitrogens with two attached hydrogens (primary N) is 1. The molecule has 18 heavy (non-hydrogen) atoms. The first-order valence-corrected chi connectivity index (χ1v) is 6.58. The highest BCUT2D eigenvalue weighted by molar-refractivity contribution is 7.80. The molecule has 2 N–H and O–H groups in total. The lowest BCUT2D eigenvalue weighted by Crippen LogP contribution is -2.24. The van der Waals surface area contributed by atoms with Gasteiger partial charge in [0.1, 0.15) is 17.3 Å². The summed E-state index contributed by atoms with van der Waals surface area (Å²) >= 11 is 4.94. The van der Waals surface area contributed by atoms with Crippen molar-refractivity contribution in [1.29, 1.82) is 0 Å². The summed E-state index contributed by atoms with van der Waals surface area (Å²) in [6.45, 7) is 4.80. The van der Waals surface area contributed by atoms with Crippen LogP contribution < -0.4 is 10.5 Å². The molecule has 0 amide bonds. The van der Waals surface area contributed by atoms with Crippen molar-refractivity contribution in [3.63, 3.8) is 0 Å². The minimum absolute atomic E-state index is 0.0191. The molecule has 0 saturated carbocycles. The predicted molar refractivity (Wildman–Crippen MR) is 76.0 cm³/mol. The number of ether oxygens (including phenoxy) is 2. The van der Waals surface area contributed by atoms with E-state index in [1.54, 1.807) is 0 Å². The fourth-order valence-corrected chi connectivity index (χ4v) is 2.25. The van der Waals surface area contributed by atoms with E-state index < -0.39 is 0 Å². The maximum atomic E-state index is 5.87. The fraction of sp³-hybridized carbons (Fsp3) is 0.500. The van der Waals surface area contributed by atoms with Gasteiger partial charge in [0, 0.05) is 5.56 Å². The molecule has 0 aromatic heterocycles. The molecule has 1 atom stereocenters. The maximum absolute atomic E-state index is 5.87. The lowest BCUT2D eigenvalue weighted by Gasteiger charge is -2.19. The monoisotopic (exact) mass is 265 g/mol. The van der Waals surface area contributed by atoms with Crippen LogP contribution in [-0.2, 0) is 4.74 Å². The Hall–Kier alpha value is -1.13. The third-order valence-corrected chi connectivity index (χ3v) is 3.34. The molecule has 1 heterocycles. The second kappa shape index (κ2) is 5.24. The van der Waals surface area contributed by atoms with Crippen LogP contribution >= 0.6 is 12.2 Å². The van der Waals surface area contributed by atoms with Crippen LogP contribution in [0.3, 0.4) is 0 Å². The van der Waals surface area contributed by atoms with Gasteiger partial charge in [-0.1, -0.05) is 24.4 Å². The van der Waals surface area contributed by atoms with E-state index in [0.29, 0.717) is 11.6 Å². The molecule has 0 bridgehead atoms. The Bertz CT molecular complexity index is 445. The molecule has 0 aliphatic carbocycles. The van der Waals surface area contributed by atoms with Gasteiger partial charge >= 0.3 is 0 Å². The molecule has 4 heteroatoms. The van der Waals surface area contributed by atoms with Crippen molar-refractivity contribution in [3.05, 3.63) is 29.8 Å². The SMILES string of the molecule is CC1(C)CCC(COc2cccc(C(N)=S)c2)O1. The number of benzene rings is 1. The van der Waals surface area contributed by atoms with Gasteiger partial charge in [-0.3, -0.25) is 0 Å². The van der Waals surface area contributed by atoms with Gasteiger partial charge in [-0.25, -0.2) is 0 Å². The smallest absolute Gasteiger partial charge is 0.120 e. The maximum Gasteiger partial charge on any atom is 0.120 e. The number of rotatable bonds is 4. The summed E-state index contributed by atoms with van der Waals surface area (Å²) in [5.41, 5.74) is 6.40. The van der Waals surface area contributed by atoms with Crippen LogP contribution in [0.2, 0.25) is 0 Å². The van der Waals surface area contributed by atoms with Crippen LogP contribution in [0.5, 0.6) is 5.75 Å². The van der Waals surface area contributed by atoms with Crippen LogP contribution in [0.15, 0.2) is 24.3 Å². The molecule has 1 fully saturated rings. The fourth-order valence-electron chi connectivity index (χ4n) is 2.12. The molecule has 1 unspecified atom stereocenters. The van der Waals surface area contributed by atoms with Crippen molar-refractivity contribution in [2.75, 3.05) is 6.61 Å². The average molecular weight is 265 g/mol. The summed E-state index contributed by atoms with van der Waals surface area (Å²) in [5.74, 6) is 0.786. The third kappa shape index (κ3) is 3.43. The molecule has 1 aromatic carbocycles. The number of hydrogen-bond acceptors (Lipinski definition) is 3. The standard InChI is InChI=1S/C14H19NO2S/c1-14(2)7-6-12(17-14)9-16-11-5-3-4-10(8-11)13(15)18/h3-5,8,12H,6-7,9H2,1-2H3,(H2,15,18). The van der Waals surface area contributed by atoms with Gasteiger partial charge in [0.2, 0.25) is 0 Å². The van der Waals surface area contributed by atoms with Crippen molar-refractivity contribution in [2.24, 2.45) is 5.73 Å². The predicted octanol–water partition coefficient (Wildman–Crippen LogP) is 2.66. The molecule has 2 rings (SSSR count). The first-order chi connectivity index (χ1) is 8.46. The topological polar surface area (TPSA) is 44.5 Å². The van der Waals surface area contributed by atoms with Crippen LogP contribution in [0, 0.1) is 0 Å². The summed E-state index contributed by atoms with van der Waals surface area (Å²) in [6.07, 6.45) is 2.30. The van der Waals surface area contributed by atoms with Gasteiger partial charge < -0.3 is 15.2 Å². The van der Waals surface area contributed by atoms with E-state index in [1.165, 1.54) is 0 Å². The van der Waals surface area contributed by atoms with E-state index in [0.717, 1.165) is 24.2 Å². The molecule has 1 aromatic rings. The highest BCUT2D eigenvalue weighted by Crippen LogP contribution is 2.29. The molecule has 1 aliphatic heterocycles. The van der Waals surface area contributed by atoms with Crippen LogP contribution in [-0.4, -0.2) is 23.3 Å². The first-order valence-electron chi connectivity index (χ1n) is 6.17. The lowest BCUT2D eigenvalue weighted by molar-refractivity contribution is -0.0326. The Morgan fingerprint density at radius 3 is 2.94 bits per heavy atom. The van der Waals surface area contributed by atoms with E-state index >= 15 is 0 Å². The summed E-state index contributed by atoms with van der Waals surface area (Å²) in [7, 11) is 0. The van der Waals surface area contributed by atoms with E-state index in [2.05, 4.69) is 13.8 Å². The molecule has 0 spiro atoms. The second-order valence-corrected chi connectivity index (χ2v) is 5.68. The van der Waals surface area contributed by atoms with Gasteiger partial charge in [-0.05, 0) is 38.8 Å². The zero-order valence-corrected chi connectivity index (χ0v) is 11.6. The summed E-state index contributed by atoms with van der Waals surface area (Å²) < 4.78 is 11.6. The van der Waals surface area contributed by atoms with Crippen LogP contribution in [0.25, 0.3) is 0 Å². The largest absolute Gasteiger partial charge is 0.491 e. The molecular weight excluding hydrogens is 246 g/mol. The van der Waals surface area contributed by atoms with Crippen LogP contribution in [0.1, 0.15) is 32.3 Å². The van der Waals surface area contributed by atoms with Crippen molar-refractivity contribution < 1.29 is 9.47 Å². The highest BCUT2D eigenvalue weighted by atomic mass is 32.1. The van der Waals surface area contributed by atoms with Crippen molar-refractivity contribution in [3.8, 4) is 5.75 Å². The minimum atomic E-state index is -0.0191. The Labute approximate surface area is 113 Å². The van der Waals surface area contributed by atoms with E-state index in [1.807, 2.05) is 24.3 Å². The van der Waals surface area contributed by atoms with Crippen molar-refractivity contribution in [2.45, 2.75) is 38.4 Å². The Balaban J connectivity index is 1.91. The Morgan fingerprint density at radius 2 is 2.33 bits per heavy atom.